The molecule has 0 atom stereocenters. The van der Waals surface area contributed by atoms with Crippen LogP contribution in [0, 0.1) is 22.6 Å². The molecule has 2 aromatic rings. The van der Waals surface area contributed by atoms with Crippen LogP contribution in [-0.2, 0) is 4.79 Å². The number of carbonyl (C=O) groups excluding carboxylic acids is 2. The number of rotatable bonds is 9. The molecule has 5 aliphatic rings. The van der Waals surface area contributed by atoms with E-state index in [4.69, 9.17) is 4.74 Å². The summed E-state index contributed by atoms with van der Waals surface area (Å²) in [4.78, 5) is 40.0. The molecule has 1 aromatic heterocycles. The number of hydrogen-bond donors (Lipinski definition) is 1. The van der Waals surface area contributed by atoms with Crippen LogP contribution in [-0.4, -0.2) is 112 Å². The molecule has 0 bridgehead atoms. The summed E-state index contributed by atoms with van der Waals surface area (Å²) >= 11 is 0. The summed E-state index contributed by atoms with van der Waals surface area (Å²) in [5.41, 5.74) is 0.294. The van der Waals surface area contributed by atoms with Crippen molar-refractivity contribution in [2.45, 2.75) is 97.2 Å². The number of benzene rings is 1. The predicted octanol–water partition coefficient (Wildman–Crippen LogP) is 4.74. The van der Waals surface area contributed by atoms with Crippen LogP contribution < -0.4 is 15.0 Å². The number of nitrogens with one attached hydrogen (secondary N) is 1. The number of halogens is 1. The van der Waals surface area contributed by atoms with Crippen LogP contribution in [0.5, 0.6) is 11.6 Å². The number of aromatic nitrogens is 3. The van der Waals surface area contributed by atoms with Gasteiger partial charge in [0.05, 0.1) is 11.0 Å². The van der Waals surface area contributed by atoms with E-state index in [1.807, 2.05) is 27.7 Å². The van der Waals surface area contributed by atoms with E-state index in [-0.39, 0.29) is 51.6 Å². The van der Waals surface area contributed by atoms with Gasteiger partial charge in [-0.3, -0.25) is 9.59 Å². The maximum Gasteiger partial charge on any atom is 0.282 e. The molecule has 0 unspecified atom stereocenters. The van der Waals surface area contributed by atoms with E-state index < -0.39 is 5.82 Å². The molecule has 1 aliphatic carbocycles. The van der Waals surface area contributed by atoms with Crippen molar-refractivity contribution in [1.29, 1.82) is 0 Å². The lowest BCUT2D eigenvalue weighted by Crippen LogP contribution is -2.61. The van der Waals surface area contributed by atoms with E-state index in [2.05, 4.69) is 42.1 Å². The Bertz CT molecular complexity index is 1530. The molecule has 5 heterocycles. The fourth-order valence-electron chi connectivity index (χ4n) is 9.56. The maximum atomic E-state index is 14.4. The third-order valence-corrected chi connectivity index (χ3v) is 12.2. The maximum absolute atomic E-state index is 14.4. The molecule has 49 heavy (non-hydrogen) atoms. The highest BCUT2D eigenvalue weighted by atomic mass is 19.1. The van der Waals surface area contributed by atoms with E-state index in [1.165, 1.54) is 37.4 Å². The number of piperidine rings is 1. The quantitative estimate of drug-likeness (QED) is 0.404. The normalized spacial score (nSPS) is 26.3. The third kappa shape index (κ3) is 6.51. The zero-order valence-electron chi connectivity index (χ0n) is 29.9. The van der Waals surface area contributed by atoms with Gasteiger partial charge in [0.1, 0.15) is 17.9 Å². The van der Waals surface area contributed by atoms with Crippen molar-refractivity contribution in [1.82, 2.24) is 35.2 Å². The summed E-state index contributed by atoms with van der Waals surface area (Å²) < 4.78 is 20.6. The van der Waals surface area contributed by atoms with E-state index in [9.17, 15) is 14.0 Å². The molecule has 11 nitrogen and oxygen atoms in total. The SMILES string of the molecule is CCN1CC2(C1)CC1(CCC(CN3CCC4(CC3)CN(c3ncnnc3Oc3ccc(F)cc3C(=O)N(C(C)C)C(C)C)C4)CC1)NC2=O. The van der Waals surface area contributed by atoms with Crippen LogP contribution in [0.2, 0.25) is 0 Å². The van der Waals surface area contributed by atoms with Crippen LogP contribution in [0.1, 0.15) is 89.9 Å². The zero-order chi connectivity index (χ0) is 34.6. The number of carbonyl (C=O) groups is 2. The molecule has 12 heteroatoms. The highest BCUT2D eigenvalue weighted by Crippen LogP contribution is 2.50. The lowest BCUT2D eigenvalue weighted by Gasteiger charge is -2.54. The summed E-state index contributed by atoms with van der Waals surface area (Å²) in [6, 6.07) is 3.87. The van der Waals surface area contributed by atoms with Gasteiger partial charge in [-0.25, -0.2) is 9.37 Å². The largest absolute Gasteiger partial charge is 0.434 e. The summed E-state index contributed by atoms with van der Waals surface area (Å²) in [5.74, 6) is 1.25. The second-order valence-corrected chi connectivity index (χ2v) is 16.3. The predicted molar refractivity (Wildman–Crippen MR) is 185 cm³/mol. The van der Waals surface area contributed by atoms with E-state index >= 15 is 0 Å². The standard InChI is InChI=1S/C37H53FN8O3/c1-6-43-22-36(23-43)19-37(41-34(36)48)11-9-27(10-12-37)18-44-15-13-35(14-16-44)20-45(21-35)31-32(42-40-24-39-31)49-30-8-7-28(38)17-29(30)33(47)46(25(2)3)26(4)5/h7-8,17,24-27H,6,9-16,18-23H2,1-5H3,(H,41,48). The van der Waals surface area contributed by atoms with Crippen molar-refractivity contribution in [2.24, 2.45) is 16.7 Å². The molecule has 1 aromatic carbocycles. The van der Waals surface area contributed by atoms with Gasteiger partial charge < -0.3 is 29.7 Å². The molecule has 4 aliphatic heterocycles. The first-order chi connectivity index (χ1) is 23.4. The minimum Gasteiger partial charge on any atom is -0.434 e. The molecule has 3 spiro atoms. The number of hydrogen-bond acceptors (Lipinski definition) is 9. The van der Waals surface area contributed by atoms with Crippen molar-refractivity contribution >= 4 is 17.6 Å². The molecule has 1 saturated carbocycles. The Morgan fingerprint density at radius 3 is 2.39 bits per heavy atom. The molecule has 5 fully saturated rings. The monoisotopic (exact) mass is 676 g/mol. The summed E-state index contributed by atoms with van der Waals surface area (Å²) in [7, 11) is 0. The van der Waals surface area contributed by atoms with Crippen LogP contribution in [0.15, 0.2) is 24.5 Å². The van der Waals surface area contributed by atoms with Crippen LogP contribution in [0.4, 0.5) is 10.2 Å². The van der Waals surface area contributed by atoms with Gasteiger partial charge in [0.15, 0.2) is 5.82 Å². The zero-order valence-corrected chi connectivity index (χ0v) is 29.9. The van der Waals surface area contributed by atoms with Gasteiger partial charge in [0.25, 0.3) is 11.8 Å². The lowest BCUT2D eigenvalue weighted by molar-refractivity contribution is -0.136. The van der Waals surface area contributed by atoms with E-state index in [1.54, 1.807) is 4.90 Å². The number of amides is 2. The van der Waals surface area contributed by atoms with Gasteiger partial charge in [-0.2, -0.15) is 0 Å². The molecule has 7 rings (SSSR count). The molecule has 2 amide bonds. The Morgan fingerprint density at radius 2 is 1.73 bits per heavy atom. The highest BCUT2D eigenvalue weighted by Gasteiger charge is 2.59. The van der Waals surface area contributed by atoms with Crippen molar-refractivity contribution in [3.8, 4) is 11.6 Å². The smallest absolute Gasteiger partial charge is 0.282 e. The van der Waals surface area contributed by atoms with Crippen molar-refractivity contribution < 1.29 is 18.7 Å². The Morgan fingerprint density at radius 1 is 1.04 bits per heavy atom. The van der Waals surface area contributed by atoms with Gasteiger partial charge in [0, 0.05) is 55.8 Å². The Balaban J connectivity index is 0.922. The molecular weight excluding hydrogens is 623 g/mol. The number of likely N-dealkylation sites (tertiary alicyclic amines) is 2. The van der Waals surface area contributed by atoms with Gasteiger partial charge in [-0.15, -0.1) is 10.2 Å². The van der Waals surface area contributed by atoms with Gasteiger partial charge in [-0.05, 0) is 116 Å². The molecule has 0 radical (unpaired) electrons. The summed E-state index contributed by atoms with van der Waals surface area (Å²) in [6.45, 7) is 17.9. The first kappa shape index (κ1) is 34.1. The number of anilines is 1. The minimum absolute atomic E-state index is 0.0312. The van der Waals surface area contributed by atoms with Crippen LogP contribution >= 0.6 is 0 Å². The fourth-order valence-corrected chi connectivity index (χ4v) is 9.56. The van der Waals surface area contributed by atoms with Crippen LogP contribution in [0.3, 0.4) is 0 Å². The summed E-state index contributed by atoms with van der Waals surface area (Å²) in [5, 5.41) is 11.7. The van der Waals surface area contributed by atoms with E-state index in [0.29, 0.717) is 17.6 Å². The minimum atomic E-state index is -0.503. The molecule has 1 N–H and O–H groups in total. The Hall–Kier alpha value is -3.38. The van der Waals surface area contributed by atoms with Gasteiger partial charge in [-0.1, -0.05) is 6.92 Å². The lowest BCUT2D eigenvalue weighted by atomic mass is 9.68. The number of ether oxygens (including phenoxy) is 1. The fraction of sp³-hybridized carbons (Fsp3) is 0.703. The second kappa shape index (κ2) is 13.1. The van der Waals surface area contributed by atoms with Crippen molar-refractivity contribution in [2.75, 3.05) is 57.3 Å². The average Bonchev–Trinajstić information content (AvgIpc) is 3.33. The molecular formula is C37H53FN8O3. The molecule has 266 valence electrons. The van der Waals surface area contributed by atoms with Crippen molar-refractivity contribution in [3.63, 3.8) is 0 Å². The Kier molecular flexibility index (Phi) is 9.09. The topological polar surface area (TPSA) is 107 Å². The average molecular weight is 677 g/mol. The van der Waals surface area contributed by atoms with Crippen molar-refractivity contribution in [3.05, 3.63) is 35.9 Å². The van der Waals surface area contributed by atoms with Gasteiger partial charge >= 0.3 is 0 Å². The Labute approximate surface area is 289 Å². The third-order valence-electron chi connectivity index (χ3n) is 12.2. The van der Waals surface area contributed by atoms with E-state index in [0.717, 1.165) is 84.5 Å². The second-order valence-electron chi connectivity index (χ2n) is 16.3. The number of nitrogens with zero attached hydrogens (tertiary/aromatic N) is 7. The van der Waals surface area contributed by atoms with Crippen LogP contribution in [0.25, 0.3) is 0 Å². The summed E-state index contributed by atoms with van der Waals surface area (Å²) in [6.07, 6.45) is 9.34. The first-order valence-corrected chi connectivity index (χ1v) is 18.4. The first-order valence-electron chi connectivity index (χ1n) is 18.4. The highest BCUT2D eigenvalue weighted by molar-refractivity contribution is 5.97. The van der Waals surface area contributed by atoms with Gasteiger partial charge in [0.2, 0.25) is 5.91 Å². The molecule has 4 saturated heterocycles.